The van der Waals surface area contributed by atoms with Gasteiger partial charge in [0.15, 0.2) is 0 Å². The number of hydrogen-bond donors (Lipinski definition) is 2. The van der Waals surface area contributed by atoms with Gasteiger partial charge in [0, 0.05) is 5.56 Å². The zero-order valence-electron chi connectivity index (χ0n) is 8.17. The highest BCUT2D eigenvalue weighted by Gasteiger charge is 2.12. The van der Waals surface area contributed by atoms with E-state index in [1.165, 1.54) is 6.07 Å². The summed E-state index contributed by atoms with van der Waals surface area (Å²) in [5.41, 5.74) is 0.726. The largest absolute Gasteiger partial charge is 0.392 e. The van der Waals surface area contributed by atoms with E-state index in [1.54, 1.807) is 12.1 Å². The van der Waals surface area contributed by atoms with E-state index < -0.39 is 10.1 Å². The summed E-state index contributed by atoms with van der Waals surface area (Å²) in [6.45, 7) is -0.668. The van der Waals surface area contributed by atoms with Crippen LogP contribution in [0.15, 0.2) is 18.2 Å². The van der Waals surface area contributed by atoms with Gasteiger partial charge in [0.05, 0.1) is 19.5 Å². The summed E-state index contributed by atoms with van der Waals surface area (Å²) in [6.07, 6.45) is 0.916. The fraction of sp³-hybridized carbons (Fsp3) is 0.333. The van der Waals surface area contributed by atoms with Crippen LogP contribution in [0.5, 0.6) is 5.75 Å². The summed E-state index contributed by atoms with van der Waals surface area (Å²) >= 11 is 0. The van der Waals surface area contributed by atoms with Crippen molar-refractivity contribution in [2.75, 3.05) is 6.26 Å². The number of benzene rings is 1. The van der Waals surface area contributed by atoms with Crippen molar-refractivity contribution in [3.8, 4) is 5.75 Å². The van der Waals surface area contributed by atoms with Crippen LogP contribution in [0.3, 0.4) is 0 Å². The Morgan fingerprint density at radius 2 is 1.93 bits per heavy atom. The molecule has 2 N–H and O–H groups in total. The van der Waals surface area contributed by atoms with Gasteiger partial charge in [0.25, 0.3) is 0 Å². The fourth-order valence-corrected chi connectivity index (χ4v) is 1.66. The number of rotatable bonds is 4. The number of hydrogen-bond acceptors (Lipinski definition) is 5. The Hall–Kier alpha value is -1.11. The van der Waals surface area contributed by atoms with Gasteiger partial charge >= 0.3 is 10.1 Å². The zero-order chi connectivity index (χ0) is 11.5. The fourth-order valence-electron chi connectivity index (χ4n) is 1.18. The van der Waals surface area contributed by atoms with Gasteiger partial charge in [-0.05, 0) is 11.6 Å². The van der Waals surface area contributed by atoms with Crippen LogP contribution in [0.25, 0.3) is 0 Å². The van der Waals surface area contributed by atoms with Gasteiger partial charge in [-0.3, -0.25) is 0 Å². The van der Waals surface area contributed by atoms with Crippen molar-refractivity contribution in [3.63, 3.8) is 0 Å². The average Bonchev–Trinajstić information content (AvgIpc) is 2.15. The lowest BCUT2D eigenvalue weighted by Crippen LogP contribution is -2.08. The molecule has 1 aromatic carbocycles. The van der Waals surface area contributed by atoms with Gasteiger partial charge in [-0.15, -0.1) is 0 Å². The molecule has 0 atom stereocenters. The molecule has 1 rings (SSSR count). The van der Waals surface area contributed by atoms with Crippen molar-refractivity contribution in [1.29, 1.82) is 0 Å². The molecule has 0 aromatic heterocycles. The Morgan fingerprint density at radius 1 is 1.27 bits per heavy atom. The topological polar surface area (TPSA) is 83.8 Å². The Morgan fingerprint density at radius 3 is 2.40 bits per heavy atom. The van der Waals surface area contributed by atoms with Crippen LogP contribution in [-0.4, -0.2) is 24.9 Å². The highest BCUT2D eigenvalue weighted by Crippen LogP contribution is 2.23. The minimum Gasteiger partial charge on any atom is -0.392 e. The van der Waals surface area contributed by atoms with Crippen LogP contribution < -0.4 is 4.18 Å². The molecule has 0 bridgehead atoms. The van der Waals surface area contributed by atoms with Crippen molar-refractivity contribution in [3.05, 3.63) is 29.3 Å². The molecule has 0 saturated carbocycles. The van der Waals surface area contributed by atoms with E-state index in [-0.39, 0.29) is 24.5 Å². The van der Waals surface area contributed by atoms with E-state index in [0.29, 0.717) is 5.56 Å². The van der Waals surface area contributed by atoms with E-state index in [9.17, 15) is 8.42 Å². The van der Waals surface area contributed by atoms with Crippen molar-refractivity contribution in [1.82, 2.24) is 0 Å². The third-order valence-electron chi connectivity index (χ3n) is 1.80. The molecule has 0 saturated heterocycles. The van der Waals surface area contributed by atoms with Gasteiger partial charge in [-0.1, -0.05) is 12.1 Å². The third-order valence-corrected chi connectivity index (χ3v) is 2.28. The average molecular weight is 232 g/mol. The SMILES string of the molecule is CS(=O)(=O)Oc1cccc(CO)c1CO. The molecular weight excluding hydrogens is 220 g/mol. The summed E-state index contributed by atoms with van der Waals surface area (Å²) < 4.78 is 26.5. The maximum atomic E-state index is 10.9. The summed E-state index contributed by atoms with van der Waals surface area (Å²) in [5.74, 6) is 0.0477. The molecule has 0 aliphatic carbocycles. The van der Waals surface area contributed by atoms with Crippen LogP contribution in [0.4, 0.5) is 0 Å². The molecule has 0 spiro atoms. The second kappa shape index (κ2) is 4.61. The monoisotopic (exact) mass is 232 g/mol. The van der Waals surface area contributed by atoms with Gasteiger partial charge in [-0.25, -0.2) is 0 Å². The lowest BCUT2D eigenvalue weighted by molar-refractivity contribution is 0.257. The van der Waals surface area contributed by atoms with Crippen LogP contribution >= 0.6 is 0 Å². The third kappa shape index (κ3) is 3.19. The first-order valence-corrected chi connectivity index (χ1v) is 6.01. The van der Waals surface area contributed by atoms with Crippen molar-refractivity contribution >= 4 is 10.1 Å². The van der Waals surface area contributed by atoms with Crippen LogP contribution in [-0.2, 0) is 23.3 Å². The molecule has 0 fully saturated rings. The van der Waals surface area contributed by atoms with Crippen molar-refractivity contribution < 1.29 is 22.8 Å². The lowest BCUT2D eigenvalue weighted by Gasteiger charge is -2.10. The molecule has 0 aliphatic heterocycles. The van der Waals surface area contributed by atoms with Gasteiger partial charge in [0.1, 0.15) is 5.75 Å². The van der Waals surface area contributed by atoms with Crippen LogP contribution in [0, 0.1) is 0 Å². The Labute approximate surface area is 88.1 Å². The second-order valence-corrected chi connectivity index (χ2v) is 4.57. The number of aliphatic hydroxyl groups excluding tert-OH is 2. The molecule has 84 valence electrons. The molecule has 0 radical (unpaired) electrons. The van der Waals surface area contributed by atoms with E-state index >= 15 is 0 Å². The molecule has 5 nitrogen and oxygen atoms in total. The Bertz CT molecular complexity index is 438. The Kier molecular flexibility index (Phi) is 3.67. The van der Waals surface area contributed by atoms with Crippen molar-refractivity contribution in [2.45, 2.75) is 13.2 Å². The minimum absolute atomic E-state index is 0.0477. The van der Waals surface area contributed by atoms with E-state index in [2.05, 4.69) is 4.18 Å². The Balaban J connectivity index is 3.18. The van der Waals surface area contributed by atoms with E-state index in [0.717, 1.165) is 6.26 Å². The first-order valence-electron chi connectivity index (χ1n) is 4.20. The molecular formula is C9H12O5S. The quantitative estimate of drug-likeness (QED) is 0.714. The molecule has 6 heteroatoms. The smallest absolute Gasteiger partial charge is 0.306 e. The molecule has 0 heterocycles. The van der Waals surface area contributed by atoms with Gasteiger partial charge in [0.2, 0.25) is 0 Å². The van der Waals surface area contributed by atoms with Crippen LogP contribution in [0.1, 0.15) is 11.1 Å². The summed E-state index contributed by atoms with van der Waals surface area (Å²) in [4.78, 5) is 0. The number of aliphatic hydroxyl groups is 2. The maximum Gasteiger partial charge on any atom is 0.306 e. The minimum atomic E-state index is -3.63. The molecule has 0 aliphatic rings. The standard InChI is InChI=1S/C9H12O5S/c1-15(12,13)14-9-4-2-3-7(5-10)8(9)6-11/h2-4,10-11H,5-6H2,1H3. The highest BCUT2D eigenvalue weighted by molar-refractivity contribution is 7.86. The maximum absolute atomic E-state index is 10.9. The van der Waals surface area contributed by atoms with Gasteiger partial charge < -0.3 is 14.4 Å². The van der Waals surface area contributed by atoms with Crippen LogP contribution in [0.2, 0.25) is 0 Å². The predicted octanol–water partition coefficient (Wildman–Crippen LogP) is 0.00960. The second-order valence-electron chi connectivity index (χ2n) is 3.00. The summed E-state index contributed by atoms with van der Waals surface area (Å²) in [6, 6.07) is 4.55. The zero-order valence-corrected chi connectivity index (χ0v) is 8.99. The lowest BCUT2D eigenvalue weighted by atomic mass is 10.1. The first-order chi connectivity index (χ1) is 6.98. The highest BCUT2D eigenvalue weighted by atomic mass is 32.2. The predicted molar refractivity (Wildman–Crippen MR) is 53.8 cm³/mol. The summed E-state index contributed by atoms with van der Waals surface area (Å²) in [7, 11) is -3.63. The molecule has 15 heavy (non-hydrogen) atoms. The molecule has 1 aromatic rings. The molecule has 0 unspecified atom stereocenters. The van der Waals surface area contributed by atoms with Crippen molar-refractivity contribution in [2.24, 2.45) is 0 Å². The summed E-state index contributed by atoms with van der Waals surface area (Å²) in [5, 5.41) is 18.0. The first kappa shape index (κ1) is 12.0. The van der Waals surface area contributed by atoms with Gasteiger partial charge in [-0.2, -0.15) is 8.42 Å². The molecule has 0 amide bonds. The van der Waals surface area contributed by atoms with E-state index in [4.69, 9.17) is 10.2 Å². The van der Waals surface area contributed by atoms with E-state index in [1.807, 2.05) is 0 Å². The normalized spacial score (nSPS) is 11.4.